The quantitative estimate of drug-likeness (QED) is 0.863. The third-order valence-electron chi connectivity index (χ3n) is 5.55. The predicted octanol–water partition coefficient (Wildman–Crippen LogP) is 3.46. The van der Waals surface area contributed by atoms with E-state index in [0.29, 0.717) is 11.8 Å². The van der Waals surface area contributed by atoms with Crippen molar-refractivity contribution in [2.24, 2.45) is 5.92 Å². The van der Waals surface area contributed by atoms with Crippen molar-refractivity contribution < 1.29 is 4.79 Å². The van der Waals surface area contributed by atoms with Gasteiger partial charge in [0.15, 0.2) is 0 Å². The molecule has 2 saturated heterocycles. The summed E-state index contributed by atoms with van der Waals surface area (Å²) in [5.74, 6) is 1.14. The lowest BCUT2D eigenvalue weighted by Crippen LogP contribution is -2.54. The number of carbonyl (C=O) groups excluding carboxylic acids is 1. The Balaban J connectivity index is 1.86. The Hall–Kier alpha value is -1.61. The highest BCUT2D eigenvalue weighted by molar-refractivity contribution is 5.84. The van der Waals surface area contributed by atoms with Gasteiger partial charge in [0.25, 0.3) is 0 Å². The summed E-state index contributed by atoms with van der Waals surface area (Å²) in [5, 5.41) is 3.43. The fourth-order valence-corrected chi connectivity index (χ4v) is 4.07. The number of carbonyl (C=O) groups is 1. The minimum absolute atomic E-state index is 0.00343. The molecular formula is C21H30N2O. The summed E-state index contributed by atoms with van der Waals surface area (Å²) in [6, 6.07) is 9.09. The van der Waals surface area contributed by atoms with Crippen LogP contribution in [0, 0.1) is 5.92 Å². The number of fused-ring (bicyclic) bond motifs is 1. The lowest BCUT2D eigenvalue weighted by Gasteiger charge is -2.40. The number of benzene rings is 1. The molecule has 3 unspecified atom stereocenters. The molecule has 3 heteroatoms. The molecule has 2 aliphatic heterocycles. The Kier molecular flexibility index (Phi) is 4.82. The maximum absolute atomic E-state index is 12.7. The Morgan fingerprint density at radius 3 is 2.58 bits per heavy atom. The maximum Gasteiger partial charge on any atom is 0.240 e. The smallest absolute Gasteiger partial charge is 0.240 e. The topological polar surface area (TPSA) is 32.3 Å². The van der Waals surface area contributed by atoms with E-state index in [1.54, 1.807) is 0 Å². The van der Waals surface area contributed by atoms with E-state index in [1.807, 2.05) is 17.9 Å². The van der Waals surface area contributed by atoms with Crippen LogP contribution in [0.4, 0.5) is 0 Å². The van der Waals surface area contributed by atoms with Gasteiger partial charge >= 0.3 is 0 Å². The monoisotopic (exact) mass is 326 g/mol. The van der Waals surface area contributed by atoms with Gasteiger partial charge in [-0.05, 0) is 42.3 Å². The third-order valence-corrected chi connectivity index (χ3v) is 5.55. The van der Waals surface area contributed by atoms with Crippen LogP contribution in [0.5, 0.6) is 0 Å². The van der Waals surface area contributed by atoms with Crippen molar-refractivity contribution in [1.82, 2.24) is 10.2 Å². The molecule has 3 rings (SSSR count). The second kappa shape index (κ2) is 6.72. The number of hydrogen-bond acceptors (Lipinski definition) is 2. The Labute approximate surface area is 146 Å². The summed E-state index contributed by atoms with van der Waals surface area (Å²) in [7, 11) is 0. The van der Waals surface area contributed by atoms with Gasteiger partial charge in [0.05, 0.1) is 6.04 Å². The van der Waals surface area contributed by atoms with Crippen molar-refractivity contribution in [3.05, 3.63) is 47.5 Å². The zero-order chi connectivity index (χ0) is 17.3. The summed E-state index contributed by atoms with van der Waals surface area (Å²) in [6.07, 6.45) is 5.20. The Bertz CT molecular complexity index is 612. The molecule has 0 bridgehead atoms. The van der Waals surface area contributed by atoms with Crippen LogP contribution < -0.4 is 5.32 Å². The molecule has 2 fully saturated rings. The van der Waals surface area contributed by atoms with E-state index < -0.39 is 0 Å². The molecule has 3 nitrogen and oxygen atoms in total. The van der Waals surface area contributed by atoms with Gasteiger partial charge in [0, 0.05) is 19.0 Å². The number of nitrogens with one attached hydrogen (secondary N) is 1. The van der Waals surface area contributed by atoms with E-state index in [-0.39, 0.29) is 17.4 Å². The highest BCUT2D eigenvalue weighted by Gasteiger charge is 2.45. The molecule has 1 amide bonds. The molecule has 130 valence electrons. The normalized spacial score (nSPS) is 27.8. The first-order valence-corrected chi connectivity index (χ1v) is 9.15. The van der Waals surface area contributed by atoms with E-state index in [9.17, 15) is 4.79 Å². The molecule has 1 aromatic rings. The van der Waals surface area contributed by atoms with Gasteiger partial charge in [0.2, 0.25) is 5.91 Å². The van der Waals surface area contributed by atoms with Crippen LogP contribution >= 0.6 is 0 Å². The molecule has 0 radical (unpaired) electrons. The Morgan fingerprint density at radius 1 is 1.25 bits per heavy atom. The summed E-state index contributed by atoms with van der Waals surface area (Å²) in [5.41, 5.74) is 2.92. The summed E-state index contributed by atoms with van der Waals surface area (Å²) in [4.78, 5) is 14.7. The number of nitrogens with zero attached hydrogens (tertiary/aromatic N) is 1. The first-order chi connectivity index (χ1) is 11.4. The third kappa shape index (κ3) is 3.27. The van der Waals surface area contributed by atoms with Crippen LogP contribution in [0.15, 0.2) is 36.4 Å². The van der Waals surface area contributed by atoms with Gasteiger partial charge in [0.1, 0.15) is 0 Å². The lowest BCUT2D eigenvalue weighted by molar-refractivity contribution is -0.137. The second-order valence-corrected chi connectivity index (χ2v) is 8.18. The molecule has 24 heavy (non-hydrogen) atoms. The molecular weight excluding hydrogens is 296 g/mol. The zero-order valence-corrected chi connectivity index (χ0v) is 15.4. The minimum atomic E-state index is -0.00343. The molecule has 0 saturated carbocycles. The van der Waals surface area contributed by atoms with Crippen LogP contribution in [-0.2, 0) is 10.2 Å². The van der Waals surface area contributed by atoms with E-state index in [1.165, 1.54) is 11.1 Å². The van der Waals surface area contributed by atoms with Gasteiger partial charge in [-0.2, -0.15) is 0 Å². The standard InChI is InChI=1S/C21H30N2O/c1-5-6-13-23-14-18(17-11-12-22-19(17)20(23)24)15-7-9-16(10-8-15)21(2,3)4/h5-10,17-19,22H,11-14H2,1-4H3. The van der Waals surface area contributed by atoms with Gasteiger partial charge in [-0.15, -0.1) is 0 Å². The summed E-state index contributed by atoms with van der Waals surface area (Å²) >= 11 is 0. The summed E-state index contributed by atoms with van der Waals surface area (Å²) < 4.78 is 0. The first kappa shape index (κ1) is 17.2. The van der Waals surface area contributed by atoms with Crippen molar-refractivity contribution in [2.45, 2.75) is 51.5 Å². The molecule has 3 atom stereocenters. The number of hydrogen-bond donors (Lipinski definition) is 1. The largest absolute Gasteiger partial charge is 0.337 e. The van der Waals surface area contributed by atoms with E-state index in [0.717, 1.165) is 26.1 Å². The minimum Gasteiger partial charge on any atom is -0.337 e. The maximum atomic E-state index is 12.7. The van der Waals surface area contributed by atoms with E-state index >= 15 is 0 Å². The first-order valence-electron chi connectivity index (χ1n) is 9.15. The fourth-order valence-electron chi connectivity index (χ4n) is 4.07. The van der Waals surface area contributed by atoms with Crippen molar-refractivity contribution in [3.63, 3.8) is 0 Å². The van der Waals surface area contributed by atoms with Crippen LogP contribution in [0.25, 0.3) is 0 Å². The fraction of sp³-hybridized carbons (Fsp3) is 0.571. The van der Waals surface area contributed by atoms with Crippen LogP contribution in [0.1, 0.15) is 51.2 Å². The van der Waals surface area contributed by atoms with Gasteiger partial charge < -0.3 is 10.2 Å². The van der Waals surface area contributed by atoms with Crippen molar-refractivity contribution in [2.75, 3.05) is 19.6 Å². The van der Waals surface area contributed by atoms with Crippen molar-refractivity contribution in [3.8, 4) is 0 Å². The molecule has 0 spiro atoms. The molecule has 2 heterocycles. The highest BCUT2D eigenvalue weighted by Crippen LogP contribution is 2.38. The highest BCUT2D eigenvalue weighted by atomic mass is 16.2. The Morgan fingerprint density at radius 2 is 1.96 bits per heavy atom. The summed E-state index contributed by atoms with van der Waals surface area (Å²) in [6.45, 7) is 11.3. The van der Waals surface area contributed by atoms with Crippen LogP contribution in [0.3, 0.4) is 0 Å². The zero-order valence-electron chi connectivity index (χ0n) is 15.4. The van der Waals surface area contributed by atoms with E-state index in [4.69, 9.17) is 0 Å². The van der Waals surface area contributed by atoms with Crippen molar-refractivity contribution >= 4 is 5.91 Å². The van der Waals surface area contributed by atoms with Gasteiger partial charge in [-0.1, -0.05) is 57.2 Å². The number of allylic oxidation sites excluding steroid dienone is 1. The average molecular weight is 326 g/mol. The predicted molar refractivity (Wildman–Crippen MR) is 99.2 cm³/mol. The molecule has 2 aliphatic rings. The van der Waals surface area contributed by atoms with E-state index in [2.05, 4.69) is 56.4 Å². The number of rotatable bonds is 3. The molecule has 0 aromatic heterocycles. The van der Waals surface area contributed by atoms with Crippen LogP contribution in [0.2, 0.25) is 0 Å². The van der Waals surface area contributed by atoms with Crippen LogP contribution in [-0.4, -0.2) is 36.5 Å². The number of likely N-dealkylation sites (tertiary alicyclic amines) is 1. The SMILES string of the molecule is CC=CCN1CC(c2ccc(C(C)(C)C)cc2)C2CCNC2C1=O. The van der Waals surface area contributed by atoms with Gasteiger partial charge in [-0.3, -0.25) is 4.79 Å². The van der Waals surface area contributed by atoms with Crippen molar-refractivity contribution in [1.29, 1.82) is 0 Å². The molecule has 0 aliphatic carbocycles. The van der Waals surface area contributed by atoms with Gasteiger partial charge in [-0.25, -0.2) is 0 Å². The molecule has 1 N–H and O–H groups in total. The molecule has 1 aromatic carbocycles. The lowest BCUT2D eigenvalue weighted by atomic mass is 9.77. The number of amides is 1. The number of piperidine rings is 1. The average Bonchev–Trinajstić information content (AvgIpc) is 3.04. The second-order valence-electron chi connectivity index (χ2n) is 8.18.